The van der Waals surface area contributed by atoms with Crippen molar-refractivity contribution in [2.75, 3.05) is 33.2 Å². The molecule has 0 radical (unpaired) electrons. The number of rotatable bonds is 4. The summed E-state index contributed by atoms with van der Waals surface area (Å²) in [6, 6.07) is 8.07. The van der Waals surface area contributed by atoms with Gasteiger partial charge in [-0.05, 0) is 17.7 Å². The third-order valence-electron chi connectivity index (χ3n) is 4.72. The number of guanidine groups is 1. The lowest BCUT2D eigenvalue weighted by molar-refractivity contribution is 0.172. The number of aromatic nitrogens is 2. The Kier molecular flexibility index (Phi) is 8.72. The second-order valence-electron chi connectivity index (χ2n) is 8.06. The van der Waals surface area contributed by atoms with Gasteiger partial charge in [0.2, 0.25) is 5.89 Å². The van der Waals surface area contributed by atoms with Crippen molar-refractivity contribution >= 4 is 41.5 Å². The molecule has 0 spiro atoms. The molecule has 1 aliphatic rings. The lowest BCUT2D eigenvalue weighted by Crippen LogP contribution is -2.52. The van der Waals surface area contributed by atoms with Gasteiger partial charge in [0.05, 0.1) is 6.54 Å². The predicted octanol–water partition coefficient (Wildman–Crippen LogP) is 3.53. The predicted molar refractivity (Wildman–Crippen MR) is 127 cm³/mol. The maximum absolute atomic E-state index is 5.97. The van der Waals surface area contributed by atoms with Crippen molar-refractivity contribution in [1.82, 2.24) is 25.3 Å². The number of halogens is 2. The van der Waals surface area contributed by atoms with Crippen LogP contribution in [0.4, 0.5) is 0 Å². The van der Waals surface area contributed by atoms with Crippen molar-refractivity contribution in [3.05, 3.63) is 46.6 Å². The van der Waals surface area contributed by atoms with Gasteiger partial charge in [-0.1, -0.05) is 49.7 Å². The molecule has 0 amide bonds. The number of piperazine rings is 1. The summed E-state index contributed by atoms with van der Waals surface area (Å²) in [6.45, 7) is 11.4. The van der Waals surface area contributed by atoms with E-state index >= 15 is 0 Å². The van der Waals surface area contributed by atoms with Crippen LogP contribution in [0.25, 0.3) is 0 Å². The van der Waals surface area contributed by atoms with Crippen LogP contribution in [0.5, 0.6) is 0 Å². The van der Waals surface area contributed by atoms with Crippen LogP contribution in [-0.4, -0.2) is 59.1 Å². The van der Waals surface area contributed by atoms with Gasteiger partial charge in [-0.25, -0.2) is 0 Å². The summed E-state index contributed by atoms with van der Waals surface area (Å²) in [6.07, 6.45) is 0. The van der Waals surface area contributed by atoms with Gasteiger partial charge < -0.3 is 14.7 Å². The van der Waals surface area contributed by atoms with E-state index in [2.05, 4.69) is 63.2 Å². The van der Waals surface area contributed by atoms with E-state index in [1.54, 1.807) is 7.05 Å². The van der Waals surface area contributed by atoms with Gasteiger partial charge in [0.25, 0.3) is 0 Å². The van der Waals surface area contributed by atoms with E-state index in [9.17, 15) is 0 Å². The van der Waals surface area contributed by atoms with Crippen molar-refractivity contribution < 1.29 is 4.52 Å². The first kappa shape index (κ1) is 23.9. The van der Waals surface area contributed by atoms with E-state index in [1.165, 1.54) is 5.56 Å². The summed E-state index contributed by atoms with van der Waals surface area (Å²) in [5, 5.41) is 8.19. The molecule has 9 heteroatoms. The maximum Gasteiger partial charge on any atom is 0.232 e. The number of hydrogen-bond donors (Lipinski definition) is 1. The molecule has 1 N–H and O–H groups in total. The molecule has 0 aliphatic carbocycles. The highest BCUT2D eigenvalue weighted by Gasteiger charge is 2.23. The molecule has 1 aromatic carbocycles. The van der Waals surface area contributed by atoms with E-state index in [4.69, 9.17) is 16.1 Å². The van der Waals surface area contributed by atoms with Crippen LogP contribution in [0.3, 0.4) is 0 Å². The molecular weight excluding hydrogens is 503 g/mol. The Hall–Kier alpha value is -1.39. The Morgan fingerprint density at radius 3 is 2.38 bits per heavy atom. The molecule has 1 aliphatic heterocycles. The van der Waals surface area contributed by atoms with Gasteiger partial charge in [0, 0.05) is 50.2 Å². The third-order valence-corrected chi connectivity index (χ3v) is 4.97. The average molecular weight is 533 g/mol. The summed E-state index contributed by atoms with van der Waals surface area (Å²) < 4.78 is 5.35. The zero-order chi connectivity index (χ0) is 20.1. The lowest BCUT2D eigenvalue weighted by Gasteiger charge is -2.36. The standard InChI is InChI=1S/C20H29ClN6O.HI/c1-20(2,3)18-24-17(25-28-18)13-23-19(22-4)27-11-9-26(10-12-27)14-15-5-7-16(21)8-6-15;/h5-8H,9-14H2,1-4H3,(H,22,23);1H. The van der Waals surface area contributed by atoms with Crippen molar-refractivity contribution in [3.63, 3.8) is 0 Å². The minimum atomic E-state index is -0.145. The molecule has 7 nitrogen and oxygen atoms in total. The third kappa shape index (κ3) is 6.82. The first-order valence-corrected chi connectivity index (χ1v) is 9.98. The second-order valence-corrected chi connectivity index (χ2v) is 8.49. The maximum atomic E-state index is 5.97. The zero-order valence-corrected chi connectivity index (χ0v) is 20.6. The van der Waals surface area contributed by atoms with Crippen LogP contribution in [0, 0.1) is 0 Å². The van der Waals surface area contributed by atoms with Gasteiger partial charge in [-0.2, -0.15) is 4.98 Å². The largest absolute Gasteiger partial charge is 0.349 e. The molecule has 160 valence electrons. The van der Waals surface area contributed by atoms with Crippen molar-refractivity contribution in [3.8, 4) is 0 Å². The second kappa shape index (κ2) is 10.6. The fraction of sp³-hybridized carbons (Fsp3) is 0.550. The van der Waals surface area contributed by atoms with E-state index in [0.717, 1.165) is 43.7 Å². The van der Waals surface area contributed by atoms with Gasteiger partial charge in [-0.15, -0.1) is 24.0 Å². The molecule has 29 heavy (non-hydrogen) atoms. The summed E-state index contributed by atoms with van der Waals surface area (Å²) in [7, 11) is 1.80. The SMILES string of the molecule is CN=C(NCc1noc(C(C)(C)C)n1)N1CCN(Cc2ccc(Cl)cc2)CC1.I. The Balaban J connectivity index is 0.00000300. The Morgan fingerprint density at radius 2 is 1.83 bits per heavy atom. The van der Waals surface area contributed by atoms with Gasteiger partial charge >= 0.3 is 0 Å². The van der Waals surface area contributed by atoms with Crippen LogP contribution >= 0.6 is 35.6 Å². The van der Waals surface area contributed by atoms with Crippen LogP contribution in [0.2, 0.25) is 5.02 Å². The molecule has 2 heterocycles. The first-order chi connectivity index (χ1) is 13.3. The van der Waals surface area contributed by atoms with E-state index in [0.29, 0.717) is 18.3 Å². The summed E-state index contributed by atoms with van der Waals surface area (Å²) in [5.41, 5.74) is 1.14. The minimum absolute atomic E-state index is 0. The Morgan fingerprint density at radius 1 is 1.17 bits per heavy atom. The fourth-order valence-electron chi connectivity index (χ4n) is 3.09. The van der Waals surface area contributed by atoms with Crippen LogP contribution in [-0.2, 0) is 18.5 Å². The van der Waals surface area contributed by atoms with Gasteiger partial charge in [0.15, 0.2) is 11.8 Å². The lowest BCUT2D eigenvalue weighted by atomic mass is 9.97. The molecule has 3 rings (SSSR count). The average Bonchev–Trinajstić information content (AvgIpc) is 3.15. The highest BCUT2D eigenvalue weighted by Crippen LogP contribution is 2.19. The van der Waals surface area contributed by atoms with E-state index in [-0.39, 0.29) is 29.4 Å². The molecule has 1 aromatic heterocycles. The van der Waals surface area contributed by atoms with E-state index in [1.807, 2.05) is 12.1 Å². The molecule has 1 fully saturated rings. The van der Waals surface area contributed by atoms with Crippen molar-refractivity contribution in [2.24, 2.45) is 4.99 Å². The summed E-state index contributed by atoms with van der Waals surface area (Å²) in [5.74, 6) is 2.16. The molecule has 1 saturated heterocycles. The topological polar surface area (TPSA) is 69.8 Å². The normalized spacial score (nSPS) is 15.9. The van der Waals surface area contributed by atoms with E-state index < -0.39 is 0 Å². The van der Waals surface area contributed by atoms with Gasteiger partial charge in [0.1, 0.15) is 0 Å². The summed E-state index contributed by atoms with van der Waals surface area (Å²) >= 11 is 5.97. The summed E-state index contributed by atoms with van der Waals surface area (Å²) in [4.78, 5) is 13.6. The number of benzene rings is 1. The number of aliphatic imine (C=N–C) groups is 1. The van der Waals surface area contributed by atoms with Crippen molar-refractivity contribution in [1.29, 1.82) is 0 Å². The molecule has 2 aromatic rings. The Labute approximate surface area is 194 Å². The Bertz CT molecular complexity index is 794. The molecule has 0 unspecified atom stereocenters. The van der Waals surface area contributed by atoms with Crippen molar-refractivity contribution in [2.45, 2.75) is 39.3 Å². The first-order valence-electron chi connectivity index (χ1n) is 9.60. The molecule has 0 atom stereocenters. The quantitative estimate of drug-likeness (QED) is 0.369. The van der Waals surface area contributed by atoms with Crippen LogP contribution in [0.1, 0.15) is 38.0 Å². The smallest absolute Gasteiger partial charge is 0.232 e. The number of hydrogen-bond acceptors (Lipinski definition) is 5. The molecule has 0 saturated carbocycles. The van der Waals surface area contributed by atoms with Crippen LogP contribution < -0.4 is 5.32 Å². The molecular formula is C20H30ClIN6O. The van der Waals surface area contributed by atoms with Crippen LogP contribution in [0.15, 0.2) is 33.8 Å². The van der Waals surface area contributed by atoms with Gasteiger partial charge in [-0.3, -0.25) is 9.89 Å². The zero-order valence-electron chi connectivity index (χ0n) is 17.5. The molecule has 0 bridgehead atoms. The number of nitrogens with one attached hydrogen (secondary N) is 1. The fourth-order valence-corrected chi connectivity index (χ4v) is 3.21. The minimum Gasteiger partial charge on any atom is -0.349 e. The monoisotopic (exact) mass is 532 g/mol. The number of nitrogens with zero attached hydrogens (tertiary/aromatic N) is 5. The highest BCUT2D eigenvalue weighted by molar-refractivity contribution is 14.0. The highest BCUT2D eigenvalue weighted by atomic mass is 127.